The molecule has 1 N–H and O–H groups in total. The molecule has 1 atom stereocenters. The molecule has 0 aliphatic carbocycles. The second kappa shape index (κ2) is 8.42. The number of carbonyl (C=O) groups is 1. The second-order valence-electron chi connectivity index (χ2n) is 8.71. The summed E-state index contributed by atoms with van der Waals surface area (Å²) in [6.07, 6.45) is 2.65. The Hall–Kier alpha value is -2.98. The van der Waals surface area contributed by atoms with Crippen molar-refractivity contribution in [2.45, 2.75) is 44.9 Å². The molecule has 3 aromatic rings. The average molecular weight is 473 g/mol. The van der Waals surface area contributed by atoms with Gasteiger partial charge >= 0.3 is 5.97 Å². The Labute approximate surface area is 192 Å². The summed E-state index contributed by atoms with van der Waals surface area (Å²) in [5.41, 5.74) is 3.12. The molecule has 0 amide bonds. The first-order valence-corrected chi connectivity index (χ1v) is 12.6. The van der Waals surface area contributed by atoms with Gasteiger partial charge in [0.25, 0.3) is 0 Å². The maximum absolute atomic E-state index is 12.3. The van der Waals surface area contributed by atoms with Crippen molar-refractivity contribution in [2.24, 2.45) is 5.92 Å². The minimum Gasteiger partial charge on any atom is -0.465 e. The van der Waals surface area contributed by atoms with E-state index in [0.717, 1.165) is 22.9 Å². The number of ether oxygens (including phenoxy) is 1. The van der Waals surface area contributed by atoms with Crippen molar-refractivity contribution in [3.8, 4) is 0 Å². The van der Waals surface area contributed by atoms with E-state index in [2.05, 4.69) is 33.3 Å². The summed E-state index contributed by atoms with van der Waals surface area (Å²) >= 11 is 0. The first-order valence-electron chi connectivity index (χ1n) is 10.7. The molecule has 3 heterocycles. The van der Waals surface area contributed by atoms with Gasteiger partial charge < -0.3 is 19.3 Å². The summed E-state index contributed by atoms with van der Waals surface area (Å²) in [7, 11) is -2.16. The van der Waals surface area contributed by atoms with Crippen molar-refractivity contribution >= 4 is 32.7 Å². The summed E-state index contributed by atoms with van der Waals surface area (Å²) in [6.45, 7) is 6.87. The van der Waals surface area contributed by atoms with E-state index in [1.807, 2.05) is 6.07 Å². The van der Waals surface area contributed by atoms with Crippen LogP contribution in [-0.2, 0) is 27.7 Å². The maximum atomic E-state index is 12.3. The molecule has 9 nitrogen and oxygen atoms in total. The lowest BCUT2D eigenvalue weighted by molar-refractivity contribution is 0.0599. The van der Waals surface area contributed by atoms with E-state index >= 15 is 0 Å². The fourth-order valence-electron chi connectivity index (χ4n) is 4.66. The van der Waals surface area contributed by atoms with Crippen LogP contribution in [0.5, 0.6) is 0 Å². The highest BCUT2D eigenvalue weighted by Gasteiger charge is 2.34. The molecular formula is C23H28N4O5S. The van der Waals surface area contributed by atoms with Gasteiger partial charge in [-0.25, -0.2) is 23.2 Å². The third-order valence-corrected chi connectivity index (χ3v) is 7.33. The minimum absolute atomic E-state index is 0.0613. The van der Waals surface area contributed by atoms with Gasteiger partial charge in [0.2, 0.25) is 5.95 Å². The molecule has 10 heteroatoms. The Morgan fingerprint density at radius 1 is 1.27 bits per heavy atom. The van der Waals surface area contributed by atoms with Gasteiger partial charge in [-0.3, -0.25) is 0 Å². The molecule has 1 aromatic carbocycles. The smallest absolute Gasteiger partial charge is 0.341 e. The molecule has 2 aromatic heterocycles. The monoisotopic (exact) mass is 472 g/mol. The van der Waals surface area contributed by atoms with Crippen LogP contribution in [0.2, 0.25) is 0 Å². The van der Waals surface area contributed by atoms with E-state index in [1.54, 1.807) is 19.1 Å². The molecule has 0 radical (unpaired) electrons. The number of nitrogens with zero attached hydrogens (tertiary/aromatic N) is 4. The molecule has 176 valence electrons. The number of methoxy groups -OCH3 is 1. The van der Waals surface area contributed by atoms with Gasteiger partial charge in [0.1, 0.15) is 0 Å². The predicted molar refractivity (Wildman–Crippen MR) is 124 cm³/mol. The lowest BCUT2D eigenvalue weighted by Gasteiger charge is -2.39. The van der Waals surface area contributed by atoms with Crippen LogP contribution < -0.4 is 4.90 Å². The van der Waals surface area contributed by atoms with Crippen molar-refractivity contribution in [2.75, 3.05) is 24.8 Å². The highest BCUT2D eigenvalue weighted by molar-refractivity contribution is 7.90. The Bertz CT molecular complexity index is 1350. The highest BCUT2D eigenvalue weighted by Crippen LogP contribution is 2.39. The Balaban J connectivity index is 1.84. The van der Waals surface area contributed by atoms with E-state index in [-0.39, 0.29) is 23.5 Å². The Morgan fingerprint density at radius 2 is 2.00 bits per heavy atom. The topological polar surface area (TPSA) is 115 Å². The van der Waals surface area contributed by atoms with Gasteiger partial charge in [-0.05, 0) is 36.6 Å². The molecule has 4 rings (SSSR count). The van der Waals surface area contributed by atoms with E-state index in [0.29, 0.717) is 35.9 Å². The number of aromatic nitrogens is 3. The van der Waals surface area contributed by atoms with Crippen molar-refractivity contribution in [3.63, 3.8) is 0 Å². The first kappa shape index (κ1) is 23.2. The quantitative estimate of drug-likeness (QED) is 0.564. The molecule has 0 spiro atoms. The van der Waals surface area contributed by atoms with Gasteiger partial charge in [-0.1, -0.05) is 13.8 Å². The van der Waals surface area contributed by atoms with Gasteiger partial charge in [0.15, 0.2) is 9.84 Å². The first-order chi connectivity index (χ1) is 15.6. The molecule has 0 saturated carbocycles. The summed E-state index contributed by atoms with van der Waals surface area (Å²) in [5, 5.41) is 10.6. The van der Waals surface area contributed by atoms with Crippen LogP contribution in [0.25, 0.3) is 10.9 Å². The number of aliphatic hydroxyl groups is 1. The van der Waals surface area contributed by atoms with Gasteiger partial charge in [-0.15, -0.1) is 0 Å². The van der Waals surface area contributed by atoms with Gasteiger partial charge in [0.05, 0.1) is 35.9 Å². The lowest BCUT2D eigenvalue weighted by Crippen LogP contribution is -2.41. The average Bonchev–Trinajstić information content (AvgIpc) is 3.13. The minimum atomic E-state index is -3.48. The van der Waals surface area contributed by atoms with Crippen molar-refractivity contribution in [1.82, 2.24) is 14.5 Å². The highest BCUT2D eigenvalue weighted by atomic mass is 32.2. The van der Waals surface area contributed by atoms with Crippen LogP contribution in [0.3, 0.4) is 0 Å². The molecule has 0 bridgehead atoms. The fourth-order valence-corrected chi connectivity index (χ4v) is 5.58. The second-order valence-corrected chi connectivity index (χ2v) is 10.7. The predicted octanol–water partition coefficient (Wildman–Crippen LogP) is 2.64. The van der Waals surface area contributed by atoms with Crippen LogP contribution >= 0.6 is 0 Å². The summed E-state index contributed by atoms with van der Waals surface area (Å²) in [4.78, 5) is 23.3. The Kier molecular flexibility index (Phi) is 5.92. The molecule has 0 unspecified atom stereocenters. The number of fused-ring (bicyclic) bond motifs is 3. The maximum Gasteiger partial charge on any atom is 0.341 e. The number of hydrogen-bond donors (Lipinski definition) is 1. The van der Waals surface area contributed by atoms with Crippen LogP contribution in [0.15, 0.2) is 29.3 Å². The zero-order chi connectivity index (χ0) is 24.1. The molecule has 0 saturated heterocycles. The SMILES string of the molecule is COC(=O)c1cnc(N2CCn3c(cc4cc(CO)c(S(C)(=O)=O)cc43)[C@H]2C(C)C)nc1C. The van der Waals surface area contributed by atoms with Crippen LogP contribution in [0, 0.1) is 12.8 Å². The standard InChI is InChI=1S/C23H28N4O5S/c1-13(2)21-19-9-15-8-16(12-28)20(33(5,30)31)10-18(15)26(19)6-7-27(21)23-24-11-17(14(3)25-23)22(29)32-4/h8-11,13,21,28H,6-7,12H2,1-5H3/t21-/m1/s1. The van der Waals surface area contributed by atoms with Crippen LogP contribution in [-0.4, -0.2) is 53.9 Å². The van der Waals surface area contributed by atoms with Crippen molar-refractivity contribution in [3.05, 3.63) is 46.9 Å². The fraction of sp³-hybridized carbons (Fsp3) is 0.435. The third kappa shape index (κ3) is 3.97. The van der Waals surface area contributed by atoms with Gasteiger partial charge in [0, 0.05) is 42.1 Å². The summed E-state index contributed by atoms with van der Waals surface area (Å²) in [6, 6.07) is 5.41. The normalized spacial score (nSPS) is 16.3. The summed E-state index contributed by atoms with van der Waals surface area (Å²) in [5.74, 6) is 0.257. The number of aliphatic hydroxyl groups excluding tert-OH is 1. The van der Waals surface area contributed by atoms with E-state index in [9.17, 15) is 18.3 Å². The summed E-state index contributed by atoms with van der Waals surface area (Å²) < 4.78 is 31.6. The number of sulfone groups is 1. The lowest BCUT2D eigenvalue weighted by atomic mass is 9.97. The zero-order valence-corrected chi connectivity index (χ0v) is 20.2. The number of aryl methyl sites for hydroxylation is 1. The Morgan fingerprint density at radius 3 is 2.58 bits per heavy atom. The largest absolute Gasteiger partial charge is 0.465 e. The molecule has 1 aliphatic heterocycles. The van der Waals surface area contributed by atoms with E-state index in [4.69, 9.17) is 4.74 Å². The zero-order valence-electron chi connectivity index (χ0n) is 19.4. The number of anilines is 1. The third-order valence-electron chi connectivity index (χ3n) is 6.15. The van der Waals surface area contributed by atoms with Crippen molar-refractivity contribution in [1.29, 1.82) is 0 Å². The molecule has 1 aliphatic rings. The number of hydrogen-bond acceptors (Lipinski definition) is 8. The molecule has 0 fully saturated rings. The molecule has 33 heavy (non-hydrogen) atoms. The number of rotatable bonds is 5. The van der Waals surface area contributed by atoms with Crippen LogP contribution in [0.4, 0.5) is 5.95 Å². The van der Waals surface area contributed by atoms with E-state index in [1.165, 1.54) is 13.3 Å². The van der Waals surface area contributed by atoms with Crippen molar-refractivity contribution < 1.29 is 23.1 Å². The number of benzene rings is 1. The van der Waals surface area contributed by atoms with E-state index < -0.39 is 15.8 Å². The number of carbonyl (C=O) groups excluding carboxylic acids is 1. The molecular weight excluding hydrogens is 444 g/mol. The number of esters is 1. The van der Waals surface area contributed by atoms with Crippen LogP contribution in [0.1, 0.15) is 47.2 Å². The van der Waals surface area contributed by atoms with Gasteiger partial charge in [-0.2, -0.15) is 0 Å².